The Balaban J connectivity index is 3.49. The summed E-state index contributed by atoms with van der Waals surface area (Å²) in [6.45, 7) is 0. The maximum Gasteiger partial charge on any atom is 0.338 e. The fraction of sp³-hybridized carbons (Fsp3) is 0.222. The molecule has 0 heterocycles. The summed E-state index contributed by atoms with van der Waals surface area (Å²) in [5.41, 5.74) is 8.06. The molecule has 1 aromatic rings. The fourth-order valence-corrected chi connectivity index (χ4v) is 1.14. The molecule has 7 heteroatoms. The number of rotatable bonds is 3. The third-order valence-electron chi connectivity index (χ3n) is 1.81. The lowest BCUT2D eigenvalue weighted by Crippen LogP contribution is -2.03. The molecule has 0 N–H and O–H groups in total. The summed E-state index contributed by atoms with van der Waals surface area (Å²) < 4.78 is 22.3. The molecule has 0 bridgehead atoms. The number of azide groups is 1. The van der Waals surface area contributed by atoms with Crippen LogP contribution in [-0.2, 0) is 4.74 Å². The van der Waals surface area contributed by atoms with Gasteiger partial charge < -0.3 is 9.47 Å². The second-order valence-electron chi connectivity index (χ2n) is 2.69. The first-order chi connectivity index (χ1) is 7.63. The number of esters is 1. The monoisotopic (exact) mass is 225 g/mol. The summed E-state index contributed by atoms with van der Waals surface area (Å²) in [5, 5.41) is 3.28. The summed E-state index contributed by atoms with van der Waals surface area (Å²) in [6.07, 6.45) is 0. The van der Waals surface area contributed by atoms with Crippen molar-refractivity contribution in [2.24, 2.45) is 5.11 Å². The molecule has 0 atom stereocenters. The van der Waals surface area contributed by atoms with E-state index in [4.69, 9.17) is 10.3 Å². The van der Waals surface area contributed by atoms with Gasteiger partial charge in [-0.1, -0.05) is 5.11 Å². The maximum atomic E-state index is 13.1. The van der Waals surface area contributed by atoms with Gasteiger partial charge in [-0.2, -0.15) is 0 Å². The lowest BCUT2D eigenvalue weighted by molar-refractivity contribution is 0.0601. The zero-order valence-electron chi connectivity index (χ0n) is 8.60. The highest BCUT2D eigenvalue weighted by Crippen LogP contribution is 2.33. The van der Waals surface area contributed by atoms with Crippen LogP contribution < -0.4 is 4.74 Å². The number of hydrogen-bond donors (Lipinski definition) is 0. The van der Waals surface area contributed by atoms with Crippen molar-refractivity contribution in [3.63, 3.8) is 0 Å². The van der Waals surface area contributed by atoms with Crippen LogP contribution in [0.1, 0.15) is 10.4 Å². The van der Waals surface area contributed by atoms with Crippen LogP contribution in [0.3, 0.4) is 0 Å². The Morgan fingerprint density at radius 3 is 2.69 bits per heavy atom. The van der Waals surface area contributed by atoms with E-state index in [1.807, 2.05) is 0 Å². The average Bonchev–Trinajstić information content (AvgIpc) is 2.29. The minimum Gasteiger partial charge on any atom is -0.496 e. The van der Waals surface area contributed by atoms with Crippen LogP contribution in [-0.4, -0.2) is 20.2 Å². The zero-order chi connectivity index (χ0) is 12.1. The Morgan fingerprint density at radius 1 is 1.50 bits per heavy atom. The SMILES string of the molecule is COC(=O)c1cc(F)cc(OC)c1N=[N+]=[N-]. The average molecular weight is 225 g/mol. The molecule has 0 saturated heterocycles. The minimum absolute atomic E-state index is 0.0294. The van der Waals surface area contributed by atoms with Crippen molar-refractivity contribution in [3.05, 3.63) is 34.0 Å². The van der Waals surface area contributed by atoms with Crippen molar-refractivity contribution in [1.82, 2.24) is 0 Å². The third kappa shape index (κ3) is 2.21. The number of methoxy groups -OCH3 is 2. The molecule has 0 radical (unpaired) electrons. The van der Waals surface area contributed by atoms with Crippen LogP contribution in [0.4, 0.5) is 10.1 Å². The van der Waals surface area contributed by atoms with Crippen LogP contribution in [0.2, 0.25) is 0 Å². The van der Waals surface area contributed by atoms with Crippen LogP contribution in [0, 0.1) is 5.82 Å². The first-order valence-electron chi connectivity index (χ1n) is 4.15. The maximum absolute atomic E-state index is 13.1. The van der Waals surface area contributed by atoms with Crippen LogP contribution in [0.25, 0.3) is 10.4 Å². The van der Waals surface area contributed by atoms with Crippen molar-refractivity contribution in [1.29, 1.82) is 0 Å². The largest absolute Gasteiger partial charge is 0.496 e. The van der Waals surface area contributed by atoms with Crippen LogP contribution in [0.15, 0.2) is 17.2 Å². The van der Waals surface area contributed by atoms with E-state index >= 15 is 0 Å². The first-order valence-corrected chi connectivity index (χ1v) is 4.15. The van der Waals surface area contributed by atoms with Crippen molar-refractivity contribution in [2.45, 2.75) is 0 Å². The lowest BCUT2D eigenvalue weighted by Gasteiger charge is -2.08. The summed E-state index contributed by atoms with van der Waals surface area (Å²) in [5.74, 6) is -1.52. The molecule has 0 unspecified atom stereocenters. The molecule has 0 aliphatic heterocycles. The van der Waals surface area contributed by atoms with Gasteiger partial charge in [-0.25, -0.2) is 9.18 Å². The normalized spacial score (nSPS) is 9.19. The van der Waals surface area contributed by atoms with Gasteiger partial charge in [-0.3, -0.25) is 0 Å². The van der Waals surface area contributed by atoms with Crippen molar-refractivity contribution in [2.75, 3.05) is 14.2 Å². The summed E-state index contributed by atoms with van der Waals surface area (Å²) in [6, 6.07) is 1.93. The zero-order valence-corrected chi connectivity index (χ0v) is 8.60. The van der Waals surface area contributed by atoms with Gasteiger partial charge in [-0.05, 0) is 11.6 Å². The number of hydrogen-bond acceptors (Lipinski definition) is 4. The van der Waals surface area contributed by atoms with Gasteiger partial charge in [0.1, 0.15) is 11.6 Å². The molecule has 0 aliphatic rings. The summed E-state index contributed by atoms with van der Waals surface area (Å²) in [4.78, 5) is 13.8. The van der Waals surface area contributed by atoms with E-state index in [1.165, 1.54) is 7.11 Å². The predicted molar refractivity (Wildman–Crippen MR) is 53.1 cm³/mol. The summed E-state index contributed by atoms with van der Waals surface area (Å²) in [7, 11) is 2.41. The van der Waals surface area contributed by atoms with Crippen LogP contribution in [0.5, 0.6) is 5.75 Å². The molecule has 6 nitrogen and oxygen atoms in total. The Morgan fingerprint density at radius 2 is 2.19 bits per heavy atom. The highest BCUT2D eigenvalue weighted by Gasteiger charge is 2.17. The van der Waals surface area contributed by atoms with Gasteiger partial charge in [0.2, 0.25) is 0 Å². The van der Waals surface area contributed by atoms with Gasteiger partial charge in [0.05, 0.1) is 25.5 Å². The minimum atomic E-state index is -0.805. The van der Waals surface area contributed by atoms with Crippen molar-refractivity contribution < 1.29 is 18.7 Å². The second kappa shape index (κ2) is 4.99. The quantitative estimate of drug-likeness (QED) is 0.343. The molecule has 0 aliphatic carbocycles. The topological polar surface area (TPSA) is 84.3 Å². The highest BCUT2D eigenvalue weighted by molar-refractivity contribution is 5.96. The fourth-order valence-electron chi connectivity index (χ4n) is 1.14. The van der Waals surface area contributed by atoms with Gasteiger partial charge in [0.25, 0.3) is 0 Å². The number of ether oxygens (including phenoxy) is 2. The highest BCUT2D eigenvalue weighted by atomic mass is 19.1. The molecule has 16 heavy (non-hydrogen) atoms. The predicted octanol–water partition coefficient (Wildman–Crippen LogP) is 2.56. The molecular formula is C9H8FN3O3. The number of halogens is 1. The number of carbonyl (C=O) groups is 1. The molecule has 0 fully saturated rings. The molecule has 0 spiro atoms. The van der Waals surface area contributed by atoms with Gasteiger partial charge in [0, 0.05) is 11.0 Å². The van der Waals surface area contributed by atoms with Gasteiger partial charge in [-0.15, -0.1) is 0 Å². The summed E-state index contributed by atoms with van der Waals surface area (Å²) >= 11 is 0. The van der Waals surface area contributed by atoms with E-state index in [0.717, 1.165) is 19.2 Å². The van der Waals surface area contributed by atoms with E-state index in [1.54, 1.807) is 0 Å². The molecule has 1 rings (SSSR count). The smallest absolute Gasteiger partial charge is 0.338 e. The Labute approximate surface area is 90.2 Å². The Hall–Kier alpha value is -2.27. The van der Waals surface area contributed by atoms with Crippen molar-refractivity contribution in [3.8, 4) is 5.75 Å². The number of benzene rings is 1. The van der Waals surface area contributed by atoms with Crippen molar-refractivity contribution >= 4 is 11.7 Å². The van der Waals surface area contributed by atoms with E-state index in [9.17, 15) is 9.18 Å². The Kier molecular flexibility index (Phi) is 3.68. The Bertz CT molecular complexity index is 469. The lowest BCUT2D eigenvalue weighted by atomic mass is 10.1. The second-order valence-corrected chi connectivity index (χ2v) is 2.69. The number of carbonyl (C=O) groups excluding carboxylic acids is 1. The third-order valence-corrected chi connectivity index (χ3v) is 1.81. The van der Waals surface area contributed by atoms with Gasteiger partial charge in [0.15, 0.2) is 0 Å². The van der Waals surface area contributed by atoms with E-state index in [2.05, 4.69) is 14.8 Å². The molecule has 0 saturated carbocycles. The molecule has 0 amide bonds. The van der Waals surface area contributed by atoms with E-state index < -0.39 is 11.8 Å². The van der Waals surface area contributed by atoms with E-state index in [-0.39, 0.29) is 17.0 Å². The molecule has 0 aromatic heterocycles. The van der Waals surface area contributed by atoms with Crippen LogP contribution >= 0.6 is 0 Å². The first kappa shape index (κ1) is 11.8. The van der Waals surface area contributed by atoms with E-state index in [0.29, 0.717) is 0 Å². The standard InChI is InChI=1S/C9H8FN3O3/c1-15-7-4-5(10)3-6(9(14)16-2)8(7)12-13-11/h3-4H,1-2H3. The molecular weight excluding hydrogens is 217 g/mol. The molecule has 1 aromatic carbocycles. The van der Waals surface area contributed by atoms with Gasteiger partial charge >= 0.3 is 5.97 Å². The molecule has 84 valence electrons. The number of nitrogens with zero attached hydrogens (tertiary/aromatic N) is 3.